The quantitative estimate of drug-likeness (QED) is 0.104. The molecule has 59 heavy (non-hydrogen) atoms. The number of ether oxygens (including phenoxy) is 4. The zero-order chi connectivity index (χ0) is 41.2. The third-order valence-electron chi connectivity index (χ3n) is 11.6. The van der Waals surface area contributed by atoms with Crippen LogP contribution in [0.3, 0.4) is 0 Å². The minimum Gasteiger partial charge on any atom is -0.493 e. The van der Waals surface area contributed by atoms with E-state index in [9.17, 15) is 14.4 Å². The Morgan fingerprint density at radius 1 is 0.712 bits per heavy atom. The Morgan fingerprint density at radius 3 is 1.85 bits per heavy atom. The van der Waals surface area contributed by atoms with Gasteiger partial charge in [0.1, 0.15) is 5.78 Å². The highest BCUT2D eigenvalue weighted by molar-refractivity contribution is 6.16. The smallest absolute Gasteiger partial charge is 0.261 e. The monoisotopic (exact) mass is 797 g/mol. The lowest BCUT2D eigenvalue weighted by Crippen LogP contribution is -2.37. The van der Waals surface area contributed by atoms with Crippen LogP contribution in [-0.4, -0.2) is 83.1 Å². The van der Waals surface area contributed by atoms with Gasteiger partial charge < -0.3 is 23.8 Å². The second kappa shape index (κ2) is 17.0. The number of anilines is 3. The lowest BCUT2D eigenvalue weighted by atomic mass is 10.0. The molecule has 0 saturated carbocycles. The molecule has 0 spiro atoms. The van der Waals surface area contributed by atoms with Gasteiger partial charge >= 0.3 is 0 Å². The Bertz CT molecular complexity index is 2340. The van der Waals surface area contributed by atoms with Crippen LogP contribution in [0.15, 0.2) is 76.7 Å². The Morgan fingerprint density at radius 2 is 1.27 bits per heavy atom. The molecule has 4 aliphatic heterocycles. The summed E-state index contributed by atoms with van der Waals surface area (Å²) in [5.41, 5.74) is 7.15. The molecule has 0 saturated heterocycles. The third-order valence-corrected chi connectivity index (χ3v) is 11.6. The summed E-state index contributed by atoms with van der Waals surface area (Å²) in [7, 11) is 5.18. The summed E-state index contributed by atoms with van der Waals surface area (Å²) in [6, 6.07) is 20.9. The van der Waals surface area contributed by atoms with Gasteiger partial charge in [-0.05, 0) is 73.2 Å². The van der Waals surface area contributed by atoms with E-state index in [1.54, 1.807) is 38.5 Å². The summed E-state index contributed by atoms with van der Waals surface area (Å²) in [6.45, 7) is 5.56. The van der Waals surface area contributed by atoms with Crippen LogP contribution in [0.25, 0.3) is 0 Å². The van der Waals surface area contributed by atoms with Crippen LogP contribution in [0.4, 0.5) is 28.4 Å². The SMILES string of the molecule is COc1cc2c(cc1OCCCCCOc1cc3c(cc1OC)C(=O)N1c4ccc(N(C)CCCC(=O)C(C)C)cc4C[C@H]1C=N3)N=C[C@@H]1Cc3ccccc3N1C2=O. The van der Waals surface area contributed by atoms with E-state index in [1.165, 1.54) is 0 Å². The zero-order valence-electron chi connectivity index (χ0n) is 34.4. The van der Waals surface area contributed by atoms with E-state index in [2.05, 4.69) is 17.0 Å². The van der Waals surface area contributed by atoms with Gasteiger partial charge in [0.25, 0.3) is 11.8 Å². The largest absolute Gasteiger partial charge is 0.493 e. The number of carbonyl (C=O) groups excluding carboxylic acids is 3. The lowest BCUT2D eigenvalue weighted by molar-refractivity contribution is -0.121. The average molecular weight is 798 g/mol. The molecule has 0 bridgehead atoms. The molecule has 8 rings (SSSR count). The number of Topliss-reactive ketones (excluding diaryl/α,β-unsaturated/α-hetero) is 1. The van der Waals surface area contributed by atoms with E-state index in [0.717, 1.165) is 66.8 Å². The van der Waals surface area contributed by atoms with E-state index in [0.29, 0.717) is 71.6 Å². The second-order valence-corrected chi connectivity index (χ2v) is 15.8. The molecular weight excluding hydrogens is 747 g/mol. The molecule has 0 unspecified atom stereocenters. The molecule has 0 radical (unpaired) electrons. The predicted octanol–water partition coefficient (Wildman–Crippen LogP) is 8.35. The van der Waals surface area contributed by atoms with E-state index in [1.807, 2.05) is 73.5 Å². The van der Waals surface area contributed by atoms with Gasteiger partial charge in [0, 0.05) is 80.4 Å². The molecule has 2 amide bonds. The van der Waals surface area contributed by atoms with Gasteiger partial charge in [-0.15, -0.1) is 0 Å². The molecule has 0 aliphatic carbocycles. The first-order valence-corrected chi connectivity index (χ1v) is 20.5. The van der Waals surface area contributed by atoms with Gasteiger partial charge in [0.15, 0.2) is 23.0 Å². The summed E-state index contributed by atoms with van der Waals surface area (Å²) >= 11 is 0. The number of para-hydroxylation sites is 1. The number of rotatable bonds is 16. The number of aliphatic imine (C=N–C) groups is 2. The Kier molecular flexibility index (Phi) is 11.4. The number of amides is 2. The first-order valence-electron chi connectivity index (χ1n) is 20.5. The minimum absolute atomic E-state index is 0.0583. The molecule has 2 atom stereocenters. The van der Waals surface area contributed by atoms with Crippen LogP contribution in [-0.2, 0) is 17.6 Å². The first kappa shape index (κ1) is 39.6. The van der Waals surface area contributed by atoms with E-state index in [4.69, 9.17) is 28.9 Å². The van der Waals surface area contributed by atoms with Gasteiger partial charge in [0.05, 0.1) is 62.0 Å². The van der Waals surface area contributed by atoms with Crippen molar-refractivity contribution in [2.24, 2.45) is 15.9 Å². The fourth-order valence-corrected chi connectivity index (χ4v) is 8.32. The Labute approximate surface area is 345 Å². The number of carbonyl (C=O) groups is 3. The number of hydrogen-bond acceptors (Lipinski definition) is 10. The lowest BCUT2D eigenvalue weighted by Gasteiger charge is -2.23. The van der Waals surface area contributed by atoms with Crippen molar-refractivity contribution in [2.75, 3.05) is 55.7 Å². The molecule has 0 N–H and O–H groups in total. The molecule has 4 aromatic rings. The van der Waals surface area contributed by atoms with Crippen molar-refractivity contribution in [3.8, 4) is 23.0 Å². The molecule has 0 aromatic heterocycles. The van der Waals surface area contributed by atoms with Gasteiger partial charge in [-0.25, -0.2) is 0 Å². The predicted molar refractivity (Wildman–Crippen MR) is 231 cm³/mol. The maximum Gasteiger partial charge on any atom is 0.261 e. The van der Waals surface area contributed by atoms with Crippen LogP contribution in [0.5, 0.6) is 23.0 Å². The summed E-state index contributed by atoms with van der Waals surface area (Å²) in [6.07, 6.45) is 8.86. The topological polar surface area (TPSA) is 123 Å². The summed E-state index contributed by atoms with van der Waals surface area (Å²) in [5.74, 6) is 2.16. The maximum atomic E-state index is 14.1. The second-order valence-electron chi connectivity index (χ2n) is 15.8. The van der Waals surface area contributed by atoms with Gasteiger partial charge in [-0.1, -0.05) is 32.0 Å². The van der Waals surface area contributed by atoms with Gasteiger partial charge in [-0.2, -0.15) is 0 Å². The van der Waals surface area contributed by atoms with E-state index < -0.39 is 0 Å². The molecular formula is C47H51N5O7. The van der Waals surface area contributed by atoms with Crippen LogP contribution in [0.1, 0.15) is 77.8 Å². The average Bonchev–Trinajstić information content (AvgIpc) is 3.73. The van der Waals surface area contributed by atoms with Crippen molar-refractivity contribution in [3.05, 3.63) is 89.0 Å². The van der Waals surface area contributed by atoms with Crippen LogP contribution < -0.4 is 33.6 Å². The van der Waals surface area contributed by atoms with Crippen molar-refractivity contribution in [1.82, 2.24) is 0 Å². The highest BCUT2D eigenvalue weighted by Gasteiger charge is 2.38. The van der Waals surface area contributed by atoms with Gasteiger partial charge in [0.2, 0.25) is 0 Å². The minimum atomic E-state index is -0.205. The molecule has 4 aliphatic rings. The Balaban J connectivity index is 0.847. The Hall–Kier alpha value is -6.17. The summed E-state index contributed by atoms with van der Waals surface area (Å²) in [5, 5.41) is 0. The fourth-order valence-electron chi connectivity index (χ4n) is 8.32. The third kappa shape index (κ3) is 7.88. The standard InChI is InChI=1S/C47H51N5O7/c1-29(2)41(53)14-11-17-50(3)32-15-16-40-31(21-32)22-34-28-49-38-26-45(43(57-5)24-36(38)47(55)52(34)40)59-19-10-6-9-18-58-44-25-37-35(23-42(44)56-4)46(54)51-33(27-48-37)20-30-12-7-8-13-39(30)51/h7-8,12-13,15-16,21,23-29,33-34H,6,9-11,14,17-20,22H2,1-5H3/t33-,34-/m0/s1. The van der Waals surface area contributed by atoms with Crippen LogP contribution >= 0.6 is 0 Å². The highest BCUT2D eigenvalue weighted by Crippen LogP contribution is 2.43. The van der Waals surface area contributed by atoms with E-state index >= 15 is 0 Å². The number of nitrogens with zero attached hydrogens (tertiary/aromatic N) is 5. The van der Waals surface area contributed by atoms with Crippen molar-refractivity contribution in [3.63, 3.8) is 0 Å². The van der Waals surface area contributed by atoms with Crippen molar-refractivity contribution in [2.45, 2.75) is 70.9 Å². The highest BCUT2D eigenvalue weighted by atomic mass is 16.5. The van der Waals surface area contributed by atoms with Crippen molar-refractivity contribution < 1.29 is 33.3 Å². The molecule has 12 heteroatoms. The number of unbranched alkanes of at least 4 members (excludes halogenated alkanes) is 2. The summed E-state index contributed by atoms with van der Waals surface area (Å²) in [4.78, 5) is 55.2. The maximum absolute atomic E-state index is 14.1. The molecule has 4 aromatic carbocycles. The van der Waals surface area contributed by atoms with Crippen molar-refractivity contribution >= 4 is 58.5 Å². The zero-order valence-corrected chi connectivity index (χ0v) is 34.4. The fraction of sp³-hybridized carbons (Fsp3) is 0.383. The molecule has 4 heterocycles. The normalized spacial score (nSPS) is 17.1. The van der Waals surface area contributed by atoms with Crippen LogP contribution in [0.2, 0.25) is 0 Å². The van der Waals surface area contributed by atoms with Crippen LogP contribution in [0, 0.1) is 5.92 Å². The number of ketones is 1. The van der Waals surface area contributed by atoms with Crippen molar-refractivity contribution in [1.29, 1.82) is 0 Å². The number of fused-ring (bicyclic) bond motifs is 8. The van der Waals surface area contributed by atoms with E-state index in [-0.39, 0.29) is 35.6 Å². The number of hydrogen-bond donors (Lipinski definition) is 0. The number of benzene rings is 4. The summed E-state index contributed by atoms with van der Waals surface area (Å²) < 4.78 is 23.7. The molecule has 0 fully saturated rings. The molecule has 306 valence electrons. The van der Waals surface area contributed by atoms with Gasteiger partial charge in [-0.3, -0.25) is 34.2 Å². The first-order chi connectivity index (χ1) is 28.6. The number of methoxy groups -OCH3 is 2. The molecule has 12 nitrogen and oxygen atoms in total.